The predicted molar refractivity (Wildman–Crippen MR) is 133 cm³/mol. The third kappa shape index (κ3) is 3.81. The molecule has 0 saturated heterocycles. The van der Waals surface area contributed by atoms with E-state index in [2.05, 4.69) is 84.0 Å². The van der Waals surface area contributed by atoms with Crippen molar-refractivity contribution < 1.29 is 0 Å². The summed E-state index contributed by atoms with van der Waals surface area (Å²) in [6, 6.07) is 16.5. The SMILES string of the molecule is CC(C)(C)c1cc(-c2nccc3cc(C4CC5CCC4C5)ccc23)cc(C(C)(C)C)c1. The third-order valence-electron chi connectivity index (χ3n) is 7.89. The van der Waals surface area contributed by atoms with Gasteiger partial charge in [0.1, 0.15) is 0 Å². The number of fused-ring (bicyclic) bond motifs is 3. The summed E-state index contributed by atoms with van der Waals surface area (Å²) in [5, 5.41) is 2.61. The Balaban J connectivity index is 1.62. The monoisotopic (exact) mass is 411 g/mol. The van der Waals surface area contributed by atoms with Crippen molar-refractivity contribution in [3.05, 3.63) is 65.4 Å². The Bertz CT molecular complexity index is 1090. The van der Waals surface area contributed by atoms with Crippen LogP contribution >= 0.6 is 0 Å². The minimum atomic E-state index is 0.107. The van der Waals surface area contributed by atoms with Crippen LogP contribution in [0.15, 0.2) is 48.7 Å². The van der Waals surface area contributed by atoms with Gasteiger partial charge in [-0.1, -0.05) is 72.2 Å². The van der Waals surface area contributed by atoms with Crippen LogP contribution < -0.4 is 0 Å². The molecular weight excluding hydrogens is 374 g/mol. The molecule has 2 aliphatic rings. The van der Waals surface area contributed by atoms with Crippen LogP contribution in [0, 0.1) is 11.8 Å². The standard InChI is InChI=1S/C30H37N/c1-29(2,3)24-16-23(17-25(18-24)30(4,5)6)28-26-10-9-21(15-22(26)11-12-31-28)27-14-19-7-8-20(27)13-19/h9-12,15-20,27H,7-8,13-14H2,1-6H3. The Morgan fingerprint density at radius 2 is 1.48 bits per heavy atom. The van der Waals surface area contributed by atoms with E-state index in [-0.39, 0.29) is 10.8 Å². The summed E-state index contributed by atoms with van der Waals surface area (Å²) in [4.78, 5) is 4.89. The number of hydrogen-bond donors (Lipinski definition) is 0. The Morgan fingerprint density at radius 1 is 0.774 bits per heavy atom. The smallest absolute Gasteiger partial charge is 0.0780 e. The first-order chi connectivity index (χ1) is 14.6. The lowest BCUT2D eigenvalue weighted by Crippen LogP contribution is -2.16. The molecule has 0 N–H and O–H groups in total. The summed E-state index contributed by atoms with van der Waals surface area (Å²) >= 11 is 0. The maximum absolute atomic E-state index is 4.89. The van der Waals surface area contributed by atoms with Crippen LogP contribution in [0.3, 0.4) is 0 Å². The number of nitrogens with zero attached hydrogens (tertiary/aromatic N) is 1. The summed E-state index contributed by atoms with van der Waals surface area (Å²) in [6.45, 7) is 13.8. The van der Waals surface area contributed by atoms with Crippen LogP contribution in [0.5, 0.6) is 0 Å². The maximum atomic E-state index is 4.89. The molecular formula is C30H37N. The van der Waals surface area contributed by atoms with Gasteiger partial charge >= 0.3 is 0 Å². The highest BCUT2D eigenvalue weighted by atomic mass is 14.7. The van der Waals surface area contributed by atoms with Crippen molar-refractivity contribution in [1.29, 1.82) is 0 Å². The highest BCUT2D eigenvalue weighted by Gasteiger charge is 2.40. The number of rotatable bonds is 2. The fourth-order valence-electron chi connectivity index (χ4n) is 5.94. The molecule has 1 heterocycles. The van der Waals surface area contributed by atoms with Crippen LogP contribution in [0.1, 0.15) is 89.8 Å². The molecule has 0 radical (unpaired) electrons. The van der Waals surface area contributed by atoms with E-state index in [0.717, 1.165) is 23.4 Å². The molecule has 162 valence electrons. The minimum absolute atomic E-state index is 0.107. The average molecular weight is 412 g/mol. The lowest BCUT2D eigenvalue weighted by Gasteiger charge is -2.26. The second kappa shape index (κ2) is 7.19. The van der Waals surface area contributed by atoms with Crippen LogP contribution in [-0.2, 0) is 10.8 Å². The van der Waals surface area contributed by atoms with E-state index in [1.165, 1.54) is 53.1 Å². The normalized spacial score (nSPS) is 23.6. The zero-order valence-electron chi connectivity index (χ0n) is 20.1. The van der Waals surface area contributed by atoms with Crippen molar-refractivity contribution in [2.75, 3.05) is 0 Å². The summed E-state index contributed by atoms with van der Waals surface area (Å²) in [5.41, 5.74) is 6.89. The second-order valence-electron chi connectivity index (χ2n) is 12.2. The molecule has 3 aromatic rings. The van der Waals surface area contributed by atoms with Crippen molar-refractivity contribution >= 4 is 10.8 Å². The van der Waals surface area contributed by atoms with Gasteiger partial charge in [-0.3, -0.25) is 4.98 Å². The Labute approximate surface area is 188 Å². The molecule has 2 aromatic carbocycles. The summed E-state index contributed by atoms with van der Waals surface area (Å²) in [7, 11) is 0. The molecule has 1 heteroatoms. The summed E-state index contributed by atoms with van der Waals surface area (Å²) < 4.78 is 0. The summed E-state index contributed by atoms with van der Waals surface area (Å²) in [5.74, 6) is 2.67. The average Bonchev–Trinajstić information content (AvgIpc) is 3.35. The van der Waals surface area contributed by atoms with Gasteiger partial charge in [0.05, 0.1) is 5.69 Å². The van der Waals surface area contributed by atoms with E-state index >= 15 is 0 Å². The van der Waals surface area contributed by atoms with Gasteiger partial charge in [-0.05, 0) is 88.1 Å². The highest BCUT2D eigenvalue weighted by molar-refractivity contribution is 5.95. The van der Waals surface area contributed by atoms with Crippen molar-refractivity contribution in [1.82, 2.24) is 4.98 Å². The molecule has 3 unspecified atom stereocenters. The van der Waals surface area contributed by atoms with Gasteiger partial charge in [-0.15, -0.1) is 0 Å². The van der Waals surface area contributed by atoms with Gasteiger partial charge in [-0.2, -0.15) is 0 Å². The molecule has 3 atom stereocenters. The Kier molecular flexibility index (Phi) is 4.81. The summed E-state index contributed by atoms with van der Waals surface area (Å²) in [6.07, 6.45) is 7.76. The van der Waals surface area contributed by atoms with Gasteiger partial charge < -0.3 is 0 Å². The van der Waals surface area contributed by atoms with Gasteiger partial charge in [0, 0.05) is 17.1 Å². The lowest BCUT2D eigenvalue weighted by atomic mass is 9.79. The fourth-order valence-corrected chi connectivity index (χ4v) is 5.94. The van der Waals surface area contributed by atoms with Crippen LogP contribution in [0.2, 0.25) is 0 Å². The van der Waals surface area contributed by atoms with E-state index in [4.69, 9.17) is 4.98 Å². The number of aromatic nitrogens is 1. The molecule has 2 bridgehead atoms. The maximum Gasteiger partial charge on any atom is 0.0780 e. The van der Waals surface area contributed by atoms with Crippen LogP contribution in [0.25, 0.3) is 22.0 Å². The van der Waals surface area contributed by atoms with Gasteiger partial charge in [0.15, 0.2) is 0 Å². The first-order valence-corrected chi connectivity index (χ1v) is 12.1. The first-order valence-electron chi connectivity index (χ1n) is 12.1. The molecule has 1 aromatic heterocycles. The molecule has 2 aliphatic carbocycles. The molecule has 0 spiro atoms. The quantitative estimate of drug-likeness (QED) is 0.412. The molecule has 5 rings (SSSR count). The van der Waals surface area contributed by atoms with Crippen molar-refractivity contribution in [2.24, 2.45) is 11.8 Å². The van der Waals surface area contributed by atoms with E-state index in [0.29, 0.717) is 0 Å². The zero-order chi connectivity index (χ0) is 22.0. The molecule has 1 nitrogen and oxygen atoms in total. The third-order valence-corrected chi connectivity index (χ3v) is 7.89. The number of benzene rings is 2. The van der Waals surface area contributed by atoms with Crippen LogP contribution in [-0.4, -0.2) is 4.98 Å². The molecule has 0 aliphatic heterocycles. The fraction of sp³-hybridized carbons (Fsp3) is 0.500. The van der Waals surface area contributed by atoms with E-state index in [1.807, 2.05) is 6.20 Å². The van der Waals surface area contributed by atoms with E-state index in [9.17, 15) is 0 Å². The van der Waals surface area contributed by atoms with Gasteiger partial charge in [0.25, 0.3) is 0 Å². The molecule has 2 saturated carbocycles. The van der Waals surface area contributed by atoms with E-state index < -0.39 is 0 Å². The van der Waals surface area contributed by atoms with E-state index in [1.54, 1.807) is 5.56 Å². The highest BCUT2D eigenvalue weighted by Crippen LogP contribution is 2.53. The van der Waals surface area contributed by atoms with Crippen molar-refractivity contribution in [2.45, 2.75) is 84.0 Å². The topological polar surface area (TPSA) is 12.9 Å². The lowest BCUT2D eigenvalue weighted by molar-refractivity contribution is 0.420. The van der Waals surface area contributed by atoms with Crippen molar-refractivity contribution in [3.8, 4) is 11.3 Å². The predicted octanol–water partition coefficient (Wildman–Crippen LogP) is 8.40. The van der Waals surface area contributed by atoms with Gasteiger partial charge in [0.2, 0.25) is 0 Å². The minimum Gasteiger partial charge on any atom is -0.256 e. The Hall–Kier alpha value is -2.15. The second-order valence-corrected chi connectivity index (χ2v) is 12.2. The number of pyridine rings is 1. The van der Waals surface area contributed by atoms with Crippen molar-refractivity contribution in [3.63, 3.8) is 0 Å². The zero-order valence-corrected chi connectivity index (χ0v) is 20.1. The largest absolute Gasteiger partial charge is 0.256 e. The molecule has 31 heavy (non-hydrogen) atoms. The molecule has 0 amide bonds. The first kappa shape index (κ1) is 20.7. The number of hydrogen-bond acceptors (Lipinski definition) is 1. The van der Waals surface area contributed by atoms with Crippen LogP contribution in [0.4, 0.5) is 0 Å². The van der Waals surface area contributed by atoms with Gasteiger partial charge in [-0.25, -0.2) is 0 Å². The molecule has 2 fully saturated rings. The Morgan fingerprint density at radius 3 is 2.06 bits per heavy atom.